The Kier molecular flexibility index (Phi) is 4.81. The summed E-state index contributed by atoms with van der Waals surface area (Å²) in [5, 5.41) is 6.35. The molecule has 1 aromatic rings. The van der Waals surface area contributed by atoms with Crippen LogP contribution in [0.5, 0.6) is 5.75 Å². The second kappa shape index (κ2) is 7.00. The number of para-hydroxylation sites is 2. The second-order valence-electron chi connectivity index (χ2n) is 6.13. The van der Waals surface area contributed by atoms with Crippen molar-refractivity contribution in [2.75, 3.05) is 31.6 Å². The zero-order chi connectivity index (χ0) is 16.2. The summed E-state index contributed by atoms with van der Waals surface area (Å²) in [6, 6.07) is 7.58. The number of hydrogen-bond donors (Lipinski definition) is 2. The highest BCUT2D eigenvalue weighted by molar-refractivity contribution is 6.01. The van der Waals surface area contributed by atoms with Gasteiger partial charge in [-0.1, -0.05) is 12.1 Å². The largest absolute Gasteiger partial charge is 0.495 e. The normalized spacial score (nSPS) is 24.6. The van der Waals surface area contributed by atoms with Gasteiger partial charge in [-0.05, 0) is 31.5 Å². The molecule has 0 radical (unpaired) electrons. The summed E-state index contributed by atoms with van der Waals surface area (Å²) in [4.78, 5) is 26.4. The van der Waals surface area contributed by atoms with Gasteiger partial charge in [0.25, 0.3) is 0 Å². The van der Waals surface area contributed by atoms with Crippen molar-refractivity contribution in [1.29, 1.82) is 0 Å². The van der Waals surface area contributed by atoms with Crippen LogP contribution < -0.4 is 20.3 Å². The molecule has 124 valence electrons. The number of ether oxygens (including phenoxy) is 1. The van der Waals surface area contributed by atoms with E-state index in [9.17, 15) is 9.59 Å². The van der Waals surface area contributed by atoms with Crippen LogP contribution in [-0.2, 0) is 9.59 Å². The van der Waals surface area contributed by atoms with Gasteiger partial charge in [0.15, 0.2) is 0 Å². The molecule has 2 amide bonds. The van der Waals surface area contributed by atoms with Crippen LogP contribution in [-0.4, -0.2) is 44.6 Å². The molecule has 2 aliphatic rings. The Morgan fingerprint density at radius 3 is 2.96 bits per heavy atom. The fourth-order valence-corrected chi connectivity index (χ4v) is 3.26. The molecule has 0 spiro atoms. The maximum absolute atomic E-state index is 12.4. The monoisotopic (exact) mass is 317 g/mol. The highest BCUT2D eigenvalue weighted by Gasteiger charge is 2.36. The number of carbonyl (C=O) groups is 2. The van der Waals surface area contributed by atoms with E-state index in [2.05, 4.69) is 10.6 Å². The van der Waals surface area contributed by atoms with E-state index in [0.717, 1.165) is 31.6 Å². The van der Waals surface area contributed by atoms with Crippen LogP contribution in [0.2, 0.25) is 0 Å². The Morgan fingerprint density at radius 1 is 1.39 bits per heavy atom. The molecule has 2 aliphatic heterocycles. The molecular formula is C17H23N3O3. The average Bonchev–Trinajstić information content (AvgIpc) is 2.97. The Hall–Kier alpha value is -2.08. The number of amides is 2. The number of anilines is 1. The Morgan fingerprint density at radius 2 is 2.22 bits per heavy atom. The van der Waals surface area contributed by atoms with Crippen LogP contribution in [0.25, 0.3) is 0 Å². The SMILES string of the molecule is COc1ccccc1N1CC(C(=O)NC2CCCNC2)CC1=O. The van der Waals surface area contributed by atoms with Crippen LogP contribution in [0, 0.1) is 5.92 Å². The zero-order valence-electron chi connectivity index (χ0n) is 13.4. The molecule has 2 unspecified atom stereocenters. The molecule has 0 saturated carbocycles. The van der Waals surface area contributed by atoms with Crippen molar-refractivity contribution in [3.05, 3.63) is 24.3 Å². The molecule has 1 aromatic carbocycles. The van der Waals surface area contributed by atoms with Gasteiger partial charge in [-0.15, -0.1) is 0 Å². The van der Waals surface area contributed by atoms with Crippen molar-refractivity contribution in [3.8, 4) is 5.75 Å². The van der Waals surface area contributed by atoms with Crippen molar-refractivity contribution in [3.63, 3.8) is 0 Å². The van der Waals surface area contributed by atoms with Crippen molar-refractivity contribution in [2.24, 2.45) is 5.92 Å². The first-order chi connectivity index (χ1) is 11.2. The highest BCUT2D eigenvalue weighted by atomic mass is 16.5. The minimum absolute atomic E-state index is 0.0237. The third kappa shape index (κ3) is 3.47. The number of nitrogens with zero attached hydrogens (tertiary/aromatic N) is 1. The first-order valence-electron chi connectivity index (χ1n) is 8.13. The van der Waals surface area contributed by atoms with E-state index in [-0.39, 0.29) is 30.2 Å². The fraction of sp³-hybridized carbons (Fsp3) is 0.529. The van der Waals surface area contributed by atoms with Gasteiger partial charge in [0.1, 0.15) is 5.75 Å². The van der Waals surface area contributed by atoms with Crippen LogP contribution >= 0.6 is 0 Å². The van der Waals surface area contributed by atoms with Crippen molar-refractivity contribution < 1.29 is 14.3 Å². The lowest BCUT2D eigenvalue weighted by Crippen LogP contribution is -2.47. The quantitative estimate of drug-likeness (QED) is 0.866. The van der Waals surface area contributed by atoms with E-state index in [0.29, 0.717) is 12.3 Å². The summed E-state index contributed by atoms with van der Waals surface area (Å²) >= 11 is 0. The molecule has 2 heterocycles. The minimum Gasteiger partial charge on any atom is -0.495 e. The number of methoxy groups -OCH3 is 1. The average molecular weight is 317 g/mol. The standard InChI is InChI=1S/C17H23N3O3/c1-23-15-7-3-2-6-14(15)20-11-12(9-16(20)21)17(22)19-13-5-4-8-18-10-13/h2-3,6-7,12-13,18H,4-5,8-11H2,1H3,(H,19,22). The van der Waals surface area contributed by atoms with Crippen LogP contribution in [0.3, 0.4) is 0 Å². The van der Waals surface area contributed by atoms with Crippen LogP contribution in [0.1, 0.15) is 19.3 Å². The highest BCUT2D eigenvalue weighted by Crippen LogP contribution is 2.32. The third-order valence-electron chi connectivity index (χ3n) is 4.52. The van der Waals surface area contributed by atoms with Crippen molar-refractivity contribution >= 4 is 17.5 Å². The Labute approximate surface area is 136 Å². The van der Waals surface area contributed by atoms with Gasteiger partial charge < -0.3 is 20.3 Å². The summed E-state index contributed by atoms with van der Waals surface area (Å²) in [5.41, 5.74) is 0.731. The van der Waals surface area contributed by atoms with Gasteiger partial charge in [0.05, 0.1) is 18.7 Å². The number of nitrogens with one attached hydrogen (secondary N) is 2. The maximum atomic E-state index is 12.4. The molecule has 0 aromatic heterocycles. The van der Waals surface area contributed by atoms with Crippen molar-refractivity contribution in [2.45, 2.75) is 25.3 Å². The molecule has 6 heteroatoms. The molecule has 6 nitrogen and oxygen atoms in total. The molecule has 3 rings (SSSR count). The molecule has 23 heavy (non-hydrogen) atoms. The second-order valence-corrected chi connectivity index (χ2v) is 6.13. The fourth-order valence-electron chi connectivity index (χ4n) is 3.26. The number of hydrogen-bond acceptors (Lipinski definition) is 4. The van der Waals surface area contributed by atoms with E-state index in [1.54, 1.807) is 12.0 Å². The zero-order valence-corrected chi connectivity index (χ0v) is 13.4. The summed E-state index contributed by atoms with van der Waals surface area (Å²) in [7, 11) is 1.58. The summed E-state index contributed by atoms with van der Waals surface area (Å²) in [6.07, 6.45) is 2.32. The van der Waals surface area contributed by atoms with E-state index in [4.69, 9.17) is 4.74 Å². The maximum Gasteiger partial charge on any atom is 0.227 e. The van der Waals surface area contributed by atoms with E-state index in [1.165, 1.54) is 0 Å². The first-order valence-corrected chi connectivity index (χ1v) is 8.13. The molecule has 0 aliphatic carbocycles. The molecular weight excluding hydrogens is 294 g/mol. The van der Waals surface area contributed by atoms with Gasteiger partial charge in [0.2, 0.25) is 11.8 Å². The molecule has 2 N–H and O–H groups in total. The van der Waals surface area contributed by atoms with Gasteiger partial charge in [-0.25, -0.2) is 0 Å². The van der Waals surface area contributed by atoms with Gasteiger partial charge in [-0.3, -0.25) is 9.59 Å². The predicted octanol–water partition coefficient (Wildman–Crippen LogP) is 0.916. The number of rotatable bonds is 4. The first kappa shape index (κ1) is 15.8. The topological polar surface area (TPSA) is 70.7 Å². The number of carbonyl (C=O) groups excluding carboxylic acids is 2. The lowest BCUT2D eigenvalue weighted by molar-refractivity contribution is -0.127. The molecule has 2 atom stereocenters. The van der Waals surface area contributed by atoms with Crippen LogP contribution in [0.15, 0.2) is 24.3 Å². The third-order valence-corrected chi connectivity index (χ3v) is 4.52. The summed E-state index contributed by atoms with van der Waals surface area (Å²) < 4.78 is 5.32. The molecule has 2 fully saturated rings. The lowest BCUT2D eigenvalue weighted by atomic mass is 10.0. The van der Waals surface area contributed by atoms with Gasteiger partial charge in [0, 0.05) is 25.6 Å². The summed E-state index contributed by atoms with van der Waals surface area (Å²) in [6.45, 7) is 2.23. The Balaban J connectivity index is 1.66. The van der Waals surface area contributed by atoms with E-state index < -0.39 is 0 Å². The smallest absolute Gasteiger partial charge is 0.227 e. The van der Waals surface area contributed by atoms with E-state index in [1.807, 2.05) is 24.3 Å². The number of benzene rings is 1. The van der Waals surface area contributed by atoms with Crippen molar-refractivity contribution in [1.82, 2.24) is 10.6 Å². The molecule has 0 bridgehead atoms. The van der Waals surface area contributed by atoms with E-state index >= 15 is 0 Å². The lowest BCUT2D eigenvalue weighted by Gasteiger charge is -2.25. The van der Waals surface area contributed by atoms with Gasteiger partial charge in [-0.2, -0.15) is 0 Å². The molecule has 2 saturated heterocycles. The van der Waals surface area contributed by atoms with Crippen LogP contribution in [0.4, 0.5) is 5.69 Å². The minimum atomic E-state index is -0.297. The predicted molar refractivity (Wildman–Crippen MR) is 87.5 cm³/mol. The Bertz CT molecular complexity index is 584. The summed E-state index contributed by atoms with van der Waals surface area (Å²) in [5.74, 6) is 0.300. The number of piperidine rings is 1. The van der Waals surface area contributed by atoms with Gasteiger partial charge >= 0.3 is 0 Å².